The normalized spacial score (nSPS) is 13.3. The molecule has 0 unspecified atom stereocenters. The molecule has 2 aromatic carbocycles. The third-order valence-electron chi connectivity index (χ3n) is 3.95. The van der Waals surface area contributed by atoms with E-state index >= 15 is 0 Å². The van der Waals surface area contributed by atoms with Gasteiger partial charge < -0.3 is 15.8 Å². The molecule has 0 radical (unpaired) electrons. The van der Waals surface area contributed by atoms with Crippen LogP contribution in [0.25, 0.3) is 0 Å². The Morgan fingerprint density at radius 1 is 1.12 bits per heavy atom. The molecule has 0 heterocycles. The molecule has 0 aromatic heterocycles. The van der Waals surface area contributed by atoms with Crippen molar-refractivity contribution in [3.63, 3.8) is 0 Å². The Morgan fingerprint density at radius 2 is 1.84 bits per heavy atom. The van der Waals surface area contributed by atoms with Crippen molar-refractivity contribution in [2.45, 2.75) is 32.4 Å². The average molecular weight is 459 g/mol. The number of ether oxygens (including phenoxy) is 1. The van der Waals surface area contributed by atoms with Gasteiger partial charge in [-0.3, -0.25) is 0 Å². The fourth-order valence-electron chi connectivity index (χ4n) is 2.79. The molecule has 3 rings (SSSR count). The Morgan fingerprint density at radius 3 is 2.56 bits per heavy atom. The van der Waals surface area contributed by atoms with Gasteiger partial charge >= 0.3 is 6.61 Å². The number of fused-ring (bicyclic) bond motifs is 1. The highest BCUT2D eigenvalue weighted by molar-refractivity contribution is 14.0. The number of aliphatic imine (C=N–C) groups is 1. The van der Waals surface area contributed by atoms with Crippen LogP contribution in [0.1, 0.15) is 23.1 Å². The molecule has 2 aromatic rings. The molecule has 1 aliphatic carbocycles. The predicted molar refractivity (Wildman–Crippen MR) is 106 cm³/mol. The first-order chi connectivity index (χ1) is 11.6. The maximum absolute atomic E-state index is 12.1. The van der Waals surface area contributed by atoms with Gasteiger partial charge in [-0.1, -0.05) is 18.2 Å². The van der Waals surface area contributed by atoms with Crippen molar-refractivity contribution >= 4 is 35.6 Å². The Hall–Kier alpha value is -1.90. The molecule has 0 atom stereocenters. The summed E-state index contributed by atoms with van der Waals surface area (Å²) >= 11 is 0. The molecule has 1 aliphatic rings. The molecule has 0 aliphatic heterocycles. The Balaban J connectivity index is 0.00000225. The van der Waals surface area contributed by atoms with E-state index in [4.69, 9.17) is 5.73 Å². The number of halogens is 3. The highest BCUT2D eigenvalue weighted by atomic mass is 127. The SMILES string of the molecule is I.NC(=NCc1ccc(OC(F)F)cc1)Nc1ccc2c(c1)CCC2. The van der Waals surface area contributed by atoms with Crippen LogP contribution in [0.5, 0.6) is 5.75 Å². The number of rotatable bonds is 5. The lowest BCUT2D eigenvalue weighted by Gasteiger charge is -2.08. The van der Waals surface area contributed by atoms with Crippen LogP contribution < -0.4 is 15.8 Å². The van der Waals surface area contributed by atoms with Crippen LogP contribution in [0.4, 0.5) is 14.5 Å². The van der Waals surface area contributed by atoms with Crippen molar-refractivity contribution in [3.05, 3.63) is 59.2 Å². The van der Waals surface area contributed by atoms with Gasteiger partial charge in [0, 0.05) is 5.69 Å². The van der Waals surface area contributed by atoms with Crippen molar-refractivity contribution in [3.8, 4) is 5.75 Å². The smallest absolute Gasteiger partial charge is 0.387 e. The van der Waals surface area contributed by atoms with Gasteiger partial charge in [0.05, 0.1) is 6.54 Å². The highest BCUT2D eigenvalue weighted by Gasteiger charge is 2.10. The van der Waals surface area contributed by atoms with Gasteiger partial charge in [0.1, 0.15) is 5.75 Å². The molecular weight excluding hydrogens is 439 g/mol. The van der Waals surface area contributed by atoms with Gasteiger partial charge in [-0.2, -0.15) is 8.78 Å². The lowest BCUT2D eigenvalue weighted by Crippen LogP contribution is -2.22. The molecule has 4 nitrogen and oxygen atoms in total. The summed E-state index contributed by atoms with van der Waals surface area (Å²) in [6.45, 7) is -2.46. The standard InChI is InChI=1S/C18H19F2N3O.HI/c19-17(20)24-16-8-4-12(5-9-16)11-22-18(21)23-15-7-6-13-2-1-3-14(13)10-15;/h4-10,17H,1-3,11H2,(H3,21,22,23);1H. The van der Waals surface area contributed by atoms with Crippen molar-refractivity contribution in [1.82, 2.24) is 0 Å². The minimum absolute atomic E-state index is 0. The van der Waals surface area contributed by atoms with Crippen molar-refractivity contribution < 1.29 is 13.5 Å². The summed E-state index contributed by atoms with van der Waals surface area (Å²) in [6.07, 6.45) is 3.45. The molecule has 134 valence electrons. The third-order valence-corrected chi connectivity index (χ3v) is 3.95. The lowest BCUT2D eigenvalue weighted by molar-refractivity contribution is -0.0498. The van der Waals surface area contributed by atoms with Crippen molar-refractivity contribution in [1.29, 1.82) is 0 Å². The molecule has 0 bridgehead atoms. The van der Waals surface area contributed by atoms with E-state index in [0.29, 0.717) is 12.5 Å². The number of alkyl halides is 2. The largest absolute Gasteiger partial charge is 0.435 e. The van der Waals surface area contributed by atoms with E-state index in [-0.39, 0.29) is 29.7 Å². The van der Waals surface area contributed by atoms with E-state index in [1.165, 1.54) is 29.7 Å². The molecule has 25 heavy (non-hydrogen) atoms. The first-order valence-electron chi connectivity index (χ1n) is 7.82. The minimum atomic E-state index is -2.82. The Bertz CT molecular complexity index is 736. The number of aryl methyl sites for hydroxylation is 2. The zero-order chi connectivity index (χ0) is 16.9. The number of nitrogens with zero attached hydrogens (tertiary/aromatic N) is 1. The second-order valence-corrected chi connectivity index (χ2v) is 5.69. The van der Waals surface area contributed by atoms with Crippen LogP contribution in [-0.2, 0) is 19.4 Å². The van der Waals surface area contributed by atoms with Gasteiger partial charge in [0.15, 0.2) is 5.96 Å². The number of anilines is 1. The molecule has 0 spiro atoms. The number of hydrogen-bond acceptors (Lipinski definition) is 2. The first kappa shape index (κ1) is 19.4. The summed E-state index contributed by atoms with van der Waals surface area (Å²) in [5.74, 6) is 0.447. The van der Waals surface area contributed by atoms with E-state index in [0.717, 1.165) is 24.1 Å². The average Bonchev–Trinajstić information content (AvgIpc) is 3.01. The van der Waals surface area contributed by atoms with E-state index < -0.39 is 6.61 Å². The zero-order valence-electron chi connectivity index (χ0n) is 13.5. The minimum Gasteiger partial charge on any atom is -0.435 e. The van der Waals surface area contributed by atoms with Gasteiger partial charge in [-0.05, 0) is 60.2 Å². The van der Waals surface area contributed by atoms with Crippen LogP contribution >= 0.6 is 24.0 Å². The summed E-state index contributed by atoms with van der Waals surface area (Å²) in [4.78, 5) is 4.27. The van der Waals surface area contributed by atoms with Crippen LogP contribution in [0.3, 0.4) is 0 Å². The number of nitrogens with one attached hydrogen (secondary N) is 1. The van der Waals surface area contributed by atoms with Crippen LogP contribution in [-0.4, -0.2) is 12.6 Å². The summed E-state index contributed by atoms with van der Waals surface area (Å²) in [6, 6.07) is 12.6. The van der Waals surface area contributed by atoms with E-state index in [9.17, 15) is 8.78 Å². The van der Waals surface area contributed by atoms with E-state index in [1.807, 2.05) is 6.07 Å². The van der Waals surface area contributed by atoms with Crippen LogP contribution in [0.2, 0.25) is 0 Å². The zero-order valence-corrected chi connectivity index (χ0v) is 15.9. The summed E-state index contributed by atoms with van der Waals surface area (Å²) in [5.41, 5.74) is 10.5. The molecule has 0 fully saturated rings. The van der Waals surface area contributed by atoms with E-state index in [2.05, 4.69) is 27.2 Å². The van der Waals surface area contributed by atoms with Gasteiger partial charge in [0.25, 0.3) is 0 Å². The number of hydrogen-bond donors (Lipinski definition) is 2. The summed E-state index contributed by atoms with van der Waals surface area (Å²) < 4.78 is 28.5. The number of guanidine groups is 1. The topological polar surface area (TPSA) is 59.6 Å². The van der Waals surface area contributed by atoms with Crippen LogP contribution in [0, 0.1) is 0 Å². The second kappa shape index (κ2) is 8.98. The first-order valence-corrected chi connectivity index (χ1v) is 7.82. The van der Waals surface area contributed by atoms with Gasteiger partial charge in [-0.25, -0.2) is 4.99 Å². The van der Waals surface area contributed by atoms with Crippen molar-refractivity contribution in [2.75, 3.05) is 5.32 Å². The molecule has 0 saturated heterocycles. The molecular formula is C18H20F2IN3O. The Labute approximate surface area is 162 Å². The predicted octanol–water partition coefficient (Wildman–Crippen LogP) is 4.32. The monoisotopic (exact) mass is 459 g/mol. The van der Waals surface area contributed by atoms with Gasteiger partial charge in [-0.15, -0.1) is 24.0 Å². The maximum atomic E-state index is 12.1. The van der Waals surface area contributed by atoms with Crippen LogP contribution in [0.15, 0.2) is 47.5 Å². The molecule has 7 heteroatoms. The number of nitrogens with two attached hydrogens (primary N) is 1. The maximum Gasteiger partial charge on any atom is 0.387 e. The highest BCUT2D eigenvalue weighted by Crippen LogP contribution is 2.24. The van der Waals surface area contributed by atoms with Gasteiger partial charge in [0.2, 0.25) is 0 Å². The quantitative estimate of drug-likeness (QED) is 0.398. The van der Waals surface area contributed by atoms with E-state index in [1.54, 1.807) is 12.1 Å². The molecule has 0 amide bonds. The van der Waals surface area contributed by atoms with Crippen molar-refractivity contribution in [2.24, 2.45) is 10.7 Å². The third kappa shape index (κ3) is 5.55. The molecule has 0 saturated carbocycles. The summed E-state index contributed by atoms with van der Waals surface area (Å²) in [7, 11) is 0. The fraction of sp³-hybridized carbons (Fsp3) is 0.278. The fourth-order valence-corrected chi connectivity index (χ4v) is 2.79. The summed E-state index contributed by atoms with van der Waals surface area (Å²) in [5, 5.41) is 3.08. The second-order valence-electron chi connectivity index (χ2n) is 5.69. The molecule has 3 N–H and O–H groups in total. The number of benzene rings is 2. The lowest BCUT2D eigenvalue weighted by atomic mass is 10.1. The Kier molecular flexibility index (Phi) is 6.98.